The van der Waals surface area contributed by atoms with Gasteiger partial charge in [0.15, 0.2) is 11.0 Å². The van der Waals surface area contributed by atoms with Gasteiger partial charge in [-0.15, -0.1) is 10.2 Å². The predicted octanol–water partition coefficient (Wildman–Crippen LogP) is 3.60. The zero-order chi connectivity index (χ0) is 19.2. The fourth-order valence-electron chi connectivity index (χ4n) is 2.28. The maximum Gasteiger partial charge on any atom is 0.269 e. The number of rotatable bonds is 8. The van der Waals surface area contributed by atoms with Gasteiger partial charge >= 0.3 is 0 Å². The zero-order valence-electron chi connectivity index (χ0n) is 14.9. The van der Waals surface area contributed by atoms with Crippen LogP contribution in [0.25, 0.3) is 0 Å². The minimum atomic E-state index is -0.408. The van der Waals surface area contributed by atoms with E-state index in [0.29, 0.717) is 18.2 Å². The summed E-state index contributed by atoms with van der Waals surface area (Å²) in [6, 6.07) is 13.8. The van der Waals surface area contributed by atoms with E-state index < -0.39 is 4.92 Å². The largest absolute Gasteiger partial charge is 0.497 e. The highest BCUT2D eigenvalue weighted by Crippen LogP contribution is 2.23. The molecule has 0 aliphatic carbocycles. The molecule has 9 heteroatoms. The molecule has 3 rings (SSSR count). The summed E-state index contributed by atoms with van der Waals surface area (Å²) in [6.07, 6.45) is 0. The number of aromatic nitrogens is 3. The Labute approximate surface area is 160 Å². The van der Waals surface area contributed by atoms with Crippen LogP contribution in [-0.4, -0.2) is 26.8 Å². The van der Waals surface area contributed by atoms with Crippen molar-refractivity contribution in [2.45, 2.75) is 17.5 Å². The molecule has 0 saturated heterocycles. The van der Waals surface area contributed by atoms with Gasteiger partial charge in [0.25, 0.3) is 5.69 Å². The number of hydrogen-bond donors (Lipinski definition) is 0. The van der Waals surface area contributed by atoms with E-state index in [9.17, 15) is 10.1 Å². The van der Waals surface area contributed by atoms with Crippen LogP contribution in [-0.2, 0) is 19.4 Å². The molecular formula is C18H18N4O4S. The lowest BCUT2D eigenvalue weighted by molar-refractivity contribution is -0.384. The van der Waals surface area contributed by atoms with Crippen LogP contribution in [0, 0.1) is 10.1 Å². The lowest BCUT2D eigenvalue weighted by Crippen LogP contribution is -2.04. The molecule has 0 unspecified atom stereocenters. The topological polar surface area (TPSA) is 92.3 Å². The first-order chi connectivity index (χ1) is 13.1. The van der Waals surface area contributed by atoms with Crippen LogP contribution in [0.3, 0.4) is 0 Å². The third-order valence-corrected chi connectivity index (χ3v) is 4.96. The number of non-ortho nitro benzene ring substituents is 1. The van der Waals surface area contributed by atoms with E-state index in [-0.39, 0.29) is 5.69 Å². The van der Waals surface area contributed by atoms with Gasteiger partial charge in [-0.05, 0) is 29.8 Å². The van der Waals surface area contributed by atoms with Crippen LogP contribution in [0.5, 0.6) is 11.5 Å². The highest BCUT2D eigenvalue weighted by molar-refractivity contribution is 7.98. The predicted molar refractivity (Wildman–Crippen MR) is 101 cm³/mol. The van der Waals surface area contributed by atoms with Crippen molar-refractivity contribution in [3.05, 3.63) is 70.0 Å². The van der Waals surface area contributed by atoms with Crippen LogP contribution in [0.2, 0.25) is 0 Å². The molecule has 0 bridgehead atoms. The molecule has 0 atom stereocenters. The number of methoxy groups -OCH3 is 1. The lowest BCUT2D eigenvalue weighted by atomic mass is 10.2. The Morgan fingerprint density at radius 2 is 1.74 bits per heavy atom. The second-order valence-electron chi connectivity index (χ2n) is 5.63. The summed E-state index contributed by atoms with van der Waals surface area (Å²) in [4.78, 5) is 10.3. The number of benzene rings is 2. The Bertz CT molecular complexity index is 910. The van der Waals surface area contributed by atoms with E-state index in [1.807, 2.05) is 35.9 Å². The van der Waals surface area contributed by atoms with Gasteiger partial charge in [-0.25, -0.2) is 0 Å². The lowest BCUT2D eigenvalue weighted by Gasteiger charge is -2.07. The first-order valence-electron chi connectivity index (χ1n) is 8.08. The molecule has 140 valence electrons. The van der Waals surface area contributed by atoms with E-state index in [1.54, 1.807) is 19.2 Å². The van der Waals surface area contributed by atoms with Crippen molar-refractivity contribution in [3.8, 4) is 11.5 Å². The van der Waals surface area contributed by atoms with Crippen LogP contribution in [0.15, 0.2) is 53.7 Å². The molecule has 0 aliphatic heterocycles. The molecule has 0 saturated carbocycles. The van der Waals surface area contributed by atoms with Crippen molar-refractivity contribution in [2.24, 2.45) is 7.05 Å². The van der Waals surface area contributed by atoms with E-state index in [0.717, 1.165) is 22.2 Å². The first kappa shape index (κ1) is 18.7. The summed E-state index contributed by atoms with van der Waals surface area (Å²) in [5.74, 6) is 2.84. The molecule has 0 radical (unpaired) electrons. The van der Waals surface area contributed by atoms with Gasteiger partial charge in [0.2, 0.25) is 0 Å². The van der Waals surface area contributed by atoms with E-state index >= 15 is 0 Å². The zero-order valence-corrected chi connectivity index (χ0v) is 15.7. The summed E-state index contributed by atoms with van der Waals surface area (Å²) in [7, 11) is 3.50. The maximum atomic E-state index is 10.7. The Kier molecular flexibility index (Phi) is 5.92. The fraction of sp³-hybridized carbons (Fsp3) is 0.222. The number of hydrogen-bond acceptors (Lipinski definition) is 7. The normalized spacial score (nSPS) is 10.6. The van der Waals surface area contributed by atoms with E-state index in [1.165, 1.54) is 23.9 Å². The third kappa shape index (κ3) is 4.76. The third-order valence-electron chi connectivity index (χ3n) is 3.87. The van der Waals surface area contributed by atoms with Crippen molar-refractivity contribution in [1.82, 2.24) is 14.8 Å². The van der Waals surface area contributed by atoms with Crippen LogP contribution in [0.1, 0.15) is 11.4 Å². The van der Waals surface area contributed by atoms with E-state index in [4.69, 9.17) is 9.47 Å². The minimum absolute atomic E-state index is 0.0837. The molecule has 0 spiro atoms. The first-order valence-corrected chi connectivity index (χ1v) is 9.06. The molecule has 8 nitrogen and oxygen atoms in total. The molecule has 1 aromatic heterocycles. The van der Waals surface area contributed by atoms with Crippen molar-refractivity contribution in [1.29, 1.82) is 0 Å². The average molecular weight is 386 g/mol. The molecule has 0 N–H and O–H groups in total. The number of nitro benzene ring substituents is 1. The van der Waals surface area contributed by atoms with Gasteiger partial charge in [0.1, 0.15) is 18.1 Å². The highest BCUT2D eigenvalue weighted by atomic mass is 32.2. The van der Waals surface area contributed by atoms with Gasteiger partial charge in [0.05, 0.1) is 12.0 Å². The number of nitro groups is 1. The monoisotopic (exact) mass is 386 g/mol. The van der Waals surface area contributed by atoms with Gasteiger partial charge in [-0.1, -0.05) is 23.9 Å². The summed E-state index contributed by atoms with van der Waals surface area (Å²) < 4.78 is 12.7. The summed E-state index contributed by atoms with van der Waals surface area (Å²) >= 11 is 1.51. The standard InChI is InChI=1S/C18H18N4O4S/c1-21-17(11-26-16-9-7-15(25-2)8-10-16)19-20-18(21)27-12-13-3-5-14(6-4-13)22(23)24/h3-10H,11-12H2,1-2H3. The van der Waals surface area contributed by atoms with Gasteiger partial charge < -0.3 is 14.0 Å². The number of thioether (sulfide) groups is 1. The van der Waals surface area contributed by atoms with E-state index in [2.05, 4.69) is 10.2 Å². The van der Waals surface area contributed by atoms with Gasteiger partial charge in [-0.2, -0.15) is 0 Å². The smallest absolute Gasteiger partial charge is 0.269 e. The van der Waals surface area contributed by atoms with Crippen LogP contribution in [0.4, 0.5) is 5.69 Å². The Morgan fingerprint density at radius 1 is 1.07 bits per heavy atom. The number of ether oxygens (including phenoxy) is 2. The van der Waals surface area contributed by atoms with Crippen LogP contribution >= 0.6 is 11.8 Å². The van der Waals surface area contributed by atoms with Crippen LogP contribution < -0.4 is 9.47 Å². The Hall–Kier alpha value is -3.07. The Morgan fingerprint density at radius 3 is 2.37 bits per heavy atom. The second-order valence-corrected chi connectivity index (χ2v) is 6.58. The Balaban J connectivity index is 1.56. The molecule has 1 heterocycles. The summed E-state index contributed by atoms with van der Waals surface area (Å²) in [5, 5.41) is 19.8. The molecular weight excluding hydrogens is 368 g/mol. The van der Waals surface area contributed by atoms with Crippen molar-refractivity contribution >= 4 is 17.4 Å². The number of nitrogens with zero attached hydrogens (tertiary/aromatic N) is 4. The summed E-state index contributed by atoms with van der Waals surface area (Å²) in [6.45, 7) is 0.300. The fourth-order valence-corrected chi connectivity index (χ4v) is 3.16. The molecule has 0 amide bonds. The summed E-state index contributed by atoms with van der Waals surface area (Å²) in [5.41, 5.74) is 1.06. The van der Waals surface area contributed by atoms with Crippen molar-refractivity contribution < 1.29 is 14.4 Å². The molecule has 2 aromatic carbocycles. The molecule has 3 aromatic rings. The highest BCUT2D eigenvalue weighted by Gasteiger charge is 2.11. The van der Waals surface area contributed by atoms with Crippen molar-refractivity contribution in [2.75, 3.05) is 7.11 Å². The minimum Gasteiger partial charge on any atom is -0.497 e. The van der Waals surface area contributed by atoms with Crippen molar-refractivity contribution in [3.63, 3.8) is 0 Å². The molecule has 27 heavy (non-hydrogen) atoms. The van der Waals surface area contributed by atoms with Gasteiger partial charge in [0, 0.05) is 24.9 Å². The molecule has 0 fully saturated rings. The molecule has 0 aliphatic rings. The maximum absolute atomic E-state index is 10.7. The second kappa shape index (κ2) is 8.54. The average Bonchev–Trinajstić information content (AvgIpc) is 3.05. The van der Waals surface area contributed by atoms with Gasteiger partial charge in [-0.3, -0.25) is 10.1 Å². The quantitative estimate of drug-likeness (QED) is 0.332. The SMILES string of the molecule is COc1ccc(OCc2nnc(SCc3ccc([N+](=O)[O-])cc3)n2C)cc1.